The van der Waals surface area contributed by atoms with E-state index in [0.717, 1.165) is 37.5 Å². The van der Waals surface area contributed by atoms with Gasteiger partial charge in [-0.25, -0.2) is 0 Å². The van der Waals surface area contributed by atoms with E-state index in [1.165, 1.54) is 12.8 Å². The van der Waals surface area contributed by atoms with Gasteiger partial charge in [0.05, 0.1) is 12.2 Å². The zero-order valence-corrected chi connectivity index (χ0v) is 12.7. The first-order chi connectivity index (χ1) is 8.91. The molecule has 0 aromatic heterocycles. The van der Waals surface area contributed by atoms with Crippen LogP contribution >= 0.6 is 0 Å². The molecule has 2 heteroatoms. The average Bonchev–Trinajstić information content (AvgIpc) is 2.35. The highest BCUT2D eigenvalue weighted by Crippen LogP contribution is 2.61. The summed E-state index contributed by atoms with van der Waals surface area (Å²) in [7, 11) is 0. The molecule has 8 atom stereocenters. The highest BCUT2D eigenvalue weighted by molar-refractivity contribution is 5.04. The maximum atomic E-state index is 10.3. The topological polar surface area (TPSA) is 40.5 Å². The van der Waals surface area contributed by atoms with Gasteiger partial charge in [0.1, 0.15) is 0 Å². The Morgan fingerprint density at radius 1 is 0.947 bits per heavy atom. The molecule has 0 heterocycles. The summed E-state index contributed by atoms with van der Waals surface area (Å²) in [5, 5.41) is 20.3. The summed E-state index contributed by atoms with van der Waals surface area (Å²) in [5.74, 6) is 3.39. The second-order valence-electron chi connectivity index (χ2n) is 8.13. The molecule has 3 aliphatic carbocycles. The van der Waals surface area contributed by atoms with E-state index in [2.05, 4.69) is 20.8 Å². The SMILES string of the molecule is CC1CC2C(C)CC3CC(O)CCC3(C)C2CC1O. The monoisotopic (exact) mass is 266 g/mol. The lowest BCUT2D eigenvalue weighted by molar-refractivity contribution is -0.134. The van der Waals surface area contributed by atoms with E-state index in [1.54, 1.807) is 0 Å². The van der Waals surface area contributed by atoms with Crippen LogP contribution in [0.1, 0.15) is 59.3 Å². The lowest BCUT2D eigenvalue weighted by Gasteiger charge is -2.59. The molecule has 2 N–H and O–H groups in total. The summed E-state index contributed by atoms with van der Waals surface area (Å²) in [4.78, 5) is 0. The maximum Gasteiger partial charge on any atom is 0.0568 e. The second kappa shape index (κ2) is 4.73. The summed E-state index contributed by atoms with van der Waals surface area (Å²) >= 11 is 0. The minimum Gasteiger partial charge on any atom is -0.393 e. The summed E-state index contributed by atoms with van der Waals surface area (Å²) in [6.45, 7) is 7.07. The van der Waals surface area contributed by atoms with Crippen molar-refractivity contribution in [2.24, 2.45) is 35.0 Å². The van der Waals surface area contributed by atoms with Crippen molar-refractivity contribution in [2.45, 2.75) is 71.5 Å². The van der Waals surface area contributed by atoms with E-state index >= 15 is 0 Å². The van der Waals surface area contributed by atoms with Gasteiger partial charge in [-0.3, -0.25) is 0 Å². The predicted octanol–water partition coefficient (Wildman–Crippen LogP) is 3.22. The third-order valence-electron chi connectivity index (χ3n) is 7.05. The minimum atomic E-state index is -0.101. The zero-order valence-electron chi connectivity index (χ0n) is 12.7. The van der Waals surface area contributed by atoms with Crippen molar-refractivity contribution in [3.63, 3.8) is 0 Å². The number of aliphatic hydroxyl groups is 2. The van der Waals surface area contributed by atoms with Crippen LogP contribution in [0.3, 0.4) is 0 Å². The number of hydrogen-bond donors (Lipinski definition) is 2. The van der Waals surface area contributed by atoms with Crippen molar-refractivity contribution < 1.29 is 10.2 Å². The van der Waals surface area contributed by atoms with Crippen LogP contribution in [-0.4, -0.2) is 22.4 Å². The Hall–Kier alpha value is -0.0800. The highest BCUT2D eigenvalue weighted by Gasteiger charge is 2.54. The third kappa shape index (κ3) is 2.15. The lowest BCUT2D eigenvalue weighted by atomic mass is 9.46. The minimum absolute atomic E-state index is 0.0748. The van der Waals surface area contributed by atoms with Crippen molar-refractivity contribution in [1.82, 2.24) is 0 Å². The van der Waals surface area contributed by atoms with Gasteiger partial charge in [0.2, 0.25) is 0 Å². The predicted molar refractivity (Wildman–Crippen MR) is 76.6 cm³/mol. The van der Waals surface area contributed by atoms with Gasteiger partial charge in [0.25, 0.3) is 0 Å². The van der Waals surface area contributed by atoms with E-state index in [1.807, 2.05) is 0 Å². The van der Waals surface area contributed by atoms with E-state index in [4.69, 9.17) is 0 Å². The standard InChI is InChI=1S/C17H30O2/c1-10-6-12-8-13(18)4-5-17(12,3)15-9-16(19)11(2)7-14(10)15/h10-16,18-19H,4-9H2,1-3H3. The first-order valence-corrected chi connectivity index (χ1v) is 8.28. The fourth-order valence-electron chi connectivity index (χ4n) is 5.68. The molecule has 19 heavy (non-hydrogen) atoms. The Labute approximate surface area is 117 Å². The first-order valence-electron chi connectivity index (χ1n) is 8.28. The van der Waals surface area contributed by atoms with Gasteiger partial charge >= 0.3 is 0 Å². The number of fused-ring (bicyclic) bond motifs is 3. The average molecular weight is 266 g/mol. The van der Waals surface area contributed by atoms with Crippen LogP contribution in [0.15, 0.2) is 0 Å². The van der Waals surface area contributed by atoms with Crippen LogP contribution in [-0.2, 0) is 0 Å². The molecule has 3 rings (SSSR count). The largest absolute Gasteiger partial charge is 0.393 e. The van der Waals surface area contributed by atoms with Crippen molar-refractivity contribution in [1.29, 1.82) is 0 Å². The molecule has 2 nitrogen and oxygen atoms in total. The molecule has 8 unspecified atom stereocenters. The first kappa shape index (κ1) is 13.9. The van der Waals surface area contributed by atoms with Crippen molar-refractivity contribution >= 4 is 0 Å². The molecule has 0 radical (unpaired) electrons. The smallest absolute Gasteiger partial charge is 0.0568 e. The highest BCUT2D eigenvalue weighted by atomic mass is 16.3. The van der Waals surface area contributed by atoms with Crippen LogP contribution in [0, 0.1) is 35.0 Å². The van der Waals surface area contributed by atoms with Crippen LogP contribution in [0.4, 0.5) is 0 Å². The van der Waals surface area contributed by atoms with Gasteiger partial charge in [-0.15, -0.1) is 0 Å². The lowest BCUT2D eigenvalue weighted by Crippen LogP contribution is -2.54. The molecule has 3 fully saturated rings. The molecular weight excluding hydrogens is 236 g/mol. The molecule has 0 aliphatic heterocycles. The van der Waals surface area contributed by atoms with Crippen molar-refractivity contribution in [3.8, 4) is 0 Å². The Balaban J connectivity index is 1.87. The van der Waals surface area contributed by atoms with Gasteiger partial charge in [0, 0.05) is 0 Å². The molecule has 0 saturated heterocycles. The number of hydrogen-bond acceptors (Lipinski definition) is 2. The van der Waals surface area contributed by atoms with Crippen LogP contribution in [0.25, 0.3) is 0 Å². The van der Waals surface area contributed by atoms with E-state index in [9.17, 15) is 10.2 Å². The number of rotatable bonds is 0. The van der Waals surface area contributed by atoms with E-state index in [0.29, 0.717) is 23.2 Å². The molecular formula is C17H30O2. The van der Waals surface area contributed by atoms with Crippen LogP contribution in [0.2, 0.25) is 0 Å². The maximum absolute atomic E-state index is 10.3. The molecule has 0 spiro atoms. The van der Waals surface area contributed by atoms with Crippen molar-refractivity contribution in [3.05, 3.63) is 0 Å². The van der Waals surface area contributed by atoms with Gasteiger partial charge in [-0.2, -0.15) is 0 Å². The van der Waals surface area contributed by atoms with E-state index in [-0.39, 0.29) is 12.2 Å². The normalized spacial score (nSPS) is 58.3. The van der Waals surface area contributed by atoms with E-state index < -0.39 is 0 Å². The summed E-state index contributed by atoms with van der Waals surface area (Å²) in [6, 6.07) is 0. The summed E-state index contributed by atoms with van der Waals surface area (Å²) in [6.07, 6.45) is 6.44. The van der Waals surface area contributed by atoms with Gasteiger partial charge in [0.15, 0.2) is 0 Å². The summed E-state index contributed by atoms with van der Waals surface area (Å²) in [5.41, 5.74) is 0.373. The molecule has 0 amide bonds. The Bertz CT molecular complexity index is 342. The molecule has 0 aromatic rings. The molecule has 3 aliphatic rings. The molecule has 3 saturated carbocycles. The summed E-state index contributed by atoms with van der Waals surface area (Å²) < 4.78 is 0. The van der Waals surface area contributed by atoms with Crippen LogP contribution < -0.4 is 0 Å². The molecule has 110 valence electrons. The fraction of sp³-hybridized carbons (Fsp3) is 1.00. The van der Waals surface area contributed by atoms with Gasteiger partial charge < -0.3 is 10.2 Å². The third-order valence-corrected chi connectivity index (χ3v) is 7.05. The van der Waals surface area contributed by atoms with Crippen LogP contribution in [0.5, 0.6) is 0 Å². The zero-order chi connectivity index (χ0) is 13.8. The second-order valence-corrected chi connectivity index (χ2v) is 8.13. The Morgan fingerprint density at radius 3 is 2.42 bits per heavy atom. The van der Waals surface area contributed by atoms with Gasteiger partial charge in [-0.05, 0) is 73.5 Å². The Kier molecular flexibility index (Phi) is 3.46. The number of aliphatic hydroxyl groups excluding tert-OH is 2. The van der Waals surface area contributed by atoms with Gasteiger partial charge in [-0.1, -0.05) is 20.8 Å². The quantitative estimate of drug-likeness (QED) is 0.707. The fourth-order valence-corrected chi connectivity index (χ4v) is 5.68. The Morgan fingerprint density at radius 2 is 1.68 bits per heavy atom. The van der Waals surface area contributed by atoms with Crippen molar-refractivity contribution in [2.75, 3.05) is 0 Å². The molecule has 0 bridgehead atoms. The molecule has 0 aromatic carbocycles.